The van der Waals surface area contributed by atoms with E-state index in [4.69, 9.17) is 4.74 Å². The molecule has 2 rings (SSSR count). The molecule has 2 heterocycles. The van der Waals surface area contributed by atoms with Crippen LogP contribution in [0.1, 0.15) is 10.4 Å². The molecule has 0 aromatic carbocycles. The zero-order valence-electron chi connectivity index (χ0n) is 11.0. The fraction of sp³-hybridized carbons (Fsp3) is 0.462. The van der Waals surface area contributed by atoms with Crippen molar-refractivity contribution in [3.8, 4) is 0 Å². The Morgan fingerprint density at radius 1 is 1.58 bits per heavy atom. The summed E-state index contributed by atoms with van der Waals surface area (Å²) in [5.41, 5.74) is 1.11. The summed E-state index contributed by atoms with van der Waals surface area (Å²) in [6.45, 7) is 2.13. The lowest BCUT2D eigenvalue weighted by atomic mass is 10.3. The Morgan fingerprint density at radius 3 is 3.16 bits per heavy atom. The Balaban J connectivity index is 1.55. The Bertz CT molecular complexity index is 470. The van der Waals surface area contributed by atoms with E-state index in [0.29, 0.717) is 26.3 Å². The van der Waals surface area contributed by atoms with Gasteiger partial charge in [-0.3, -0.25) is 4.68 Å². The largest absolute Gasteiger partial charge is 0.389 e. The van der Waals surface area contributed by atoms with Gasteiger partial charge in [0.05, 0.1) is 25.5 Å². The van der Waals surface area contributed by atoms with Gasteiger partial charge in [0.15, 0.2) is 0 Å². The molecule has 0 saturated carbocycles. The van der Waals surface area contributed by atoms with Crippen molar-refractivity contribution in [3.63, 3.8) is 0 Å². The second kappa shape index (κ2) is 7.40. The number of ether oxygens (including phenoxy) is 1. The van der Waals surface area contributed by atoms with E-state index in [-0.39, 0.29) is 0 Å². The molecule has 6 heteroatoms. The first-order valence-electron chi connectivity index (χ1n) is 6.20. The highest BCUT2D eigenvalue weighted by Crippen LogP contribution is 2.09. The first-order chi connectivity index (χ1) is 9.24. The highest BCUT2D eigenvalue weighted by Gasteiger charge is 2.05. The van der Waals surface area contributed by atoms with Crippen molar-refractivity contribution in [2.24, 2.45) is 7.05 Å². The van der Waals surface area contributed by atoms with Gasteiger partial charge < -0.3 is 15.2 Å². The zero-order chi connectivity index (χ0) is 13.5. The van der Waals surface area contributed by atoms with E-state index in [2.05, 4.69) is 10.4 Å². The maximum atomic E-state index is 9.76. The first kappa shape index (κ1) is 14.2. The highest BCUT2D eigenvalue weighted by atomic mass is 32.1. The molecule has 0 amide bonds. The van der Waals surface area contributed by atoms with Gasteiger partial charge in [-0.15, -0.1) is 11.3 Å². The summed E-state index contributed by atoms with van der Waals surface area (Å²) in [7, 11) is 1.89. The second-order valence-corrected chi connectivity index (χ2v) is 5.43. The summed E-state index contributed by atoms with van der Waals surface area (Å²) < 4.78 is 7.21. The lowest BCUT2D eigenvalue weighted by Crippen LogP contribution is -2.29. The van der Waals surface area contributed by atoms with E-state index < -0.39 is 6.10 Å². The van der Waals surface area contributed by atoms with Gasteiger partial charge in [-0.05, 0) is 11.4 Å². The van der Waals surface area contributed by atoms with Crippen LogP contribution in [-0.4, -0.2) is 34.1 Å². The van der Waals surface area contributed by atoms with Crippen molar-refractivity contribution in [1.29, 1.82) is 0 Å². The molecule has 104 valence electrons. The highest BCUT2D eigenvalue weighted by molar-refractivity contribution is 7.09. The van der Waals surface area contributed by atoms with Crippen molar-refractivity contribution in [3.05, 3.63) is 40.3 Å². The molecule has 1 unspecified atom stereocenters. The first-order valence-corrected chi connectivity index (χ1v) is 7.08. The van der Waals surface area contributed by atoms with Crippen LogP contribution in [0.5, 0.6) is 0 Å². The third-order valence-electron chi connectivity index (χ3n) is 2.60. The summed E-state index contributed by atoms with van der Waals surface area (Å²) in [5.74, 6) is 0. The number of hydrogen-bond acceptors (Lipinski definition) is 5. The van der Waals surface area contributed by atoms with Crippen LogP contribution in [0.3, 0.4) is 0 Å². The minimum absolute atomic E-state index is 0.345. The van der Waals surface area contributed by atoms with Gasteiger partial charge in [0.1, 0.15) is 0 Å². The molecule has 2 aromatic rings. The van der Waals surface area contributed by atoms with Crippen LogP contribution in [0.2, 0.25) is 0 Å². The molecular formula is C13H19N3O2S. The van der Waals surface area contributed by atoms with Crippen molar-refractivity contribution in [2.45, 2.75) is 19.3 Å². The molecular weight excluding hydrogens is 262 g/mol. The smallest absolute Gasteiger partial charge is 0.0897 e. The molecule has 1 atom stereocenters. The van der Waals surface area contributed by atoms with Crippen LogP contribution in [0.4, 0.5) is 0 Å². The fourth-order valence-electron chi connectivity index (χ4n) is 1.70. The number of hydrogen-bond donors (Lipinski definition) is 2. The predicted molar refractivity (Wildman–Crippen MR) is 74.9 cm³/mol. The van der Waals surface area contributed by atoms with Crippen LogP contribution < -0.4 is 5.32 Å². The lowest BCUT2D eigenvalue weighted by Gasteiger charge is -2.11. The predicted octanol–water partition coefficient (Wildman–Crippen LogP) is 1.15. The van der Waals surface area contributed by atoms with Crippen LogP contribution in [0.15, 0.2) is 29.9 Å². The third-order valence-corrected chi connectivity index (χ3v) is 3.45. The second-order valence-electron chi connectivity index (χ2n) is 4.40. The number of thiophene rings is 1. The van der Waals surface area contributed by atoms with Gasteiger partial charge in [-0.1, -0.05) is 6.07 Å². The number of nitrogens with zero attached hydrogens (tertiary/aromatic N) is 2. The Labute approximate surface area is 116 Å². The minimum atomic E-state index is -0.489. The molecule has 2 aromatic heterocycles. The van der Waals surface area contributed by atoms with E-state index in [9.17, 15) is 5.11 Å². The maximum absolute atomic E-state index is 9.76. The Kier molecular flexibility index (Phi) is 5.53. The van der Waals surface area contributed by atoms with Crippen molar-refractivity contribution < 1.29 is 9.84 Å². The average molecular weight is 281 g/mol. The van der Waals surface area contributed by atoms with Crippen molar-refractivity contribution >= 4 is 11.3 Å². The van der Waals surface area contributed by atoms with E-state index in [1.54, 1.807) is 16.0 Å². The van der Waals surface area contributed by atoms with Crippen molar-refractivity contribution in [1.82, 2.24) is 15.1 Å². The molecule has 0 radical (unpaired) electrons. The Morgan fingerprint density at radius 2 is 2.47 bits per heavy atom. The molecule has 5 nitrogen and oxygen atoms in total. The average Bonchev–Trinajstić information content (AvgIpc) is 3.01. The Hall–Kier alpha value is -1.21. The number of aliphatic hydroxyl groups excluding tert-OH is 1. The van der Waals surface area contributed by atoms with Gasteiger partial charge >= 0.3 is 0 Å². The molecule has 19 heavy (non-hydrogen) atoms. The van der Waals surface area contributed by atoms with Gasteiger partial charge in [0.2, 0.25) is 0 Å². The maximum Gasteiger partial charge on any atom is 0.0897 e. The van der Waals surface area contributed by atoms with E-state index in [0.717, 1.165) is 5.56 Å². The fourth-order valence-corrected chi connectivity index (χ4v) is 2.34. The van der Waals surface area contributed by atoms with Gasteiger partial charge in [-0.2, -0.15) is 5.10 Å². The van der Waals surface area contributed by atoms with Crippen LogP contribution in [0, 0.1) is 0 Å². The molecule has 0 saturated heterocycles. The van der Waals surface area contributed by atoms with E-state index in [1.807, 2.05) is 37.0 Å². The molecule has 0 aliphatic heterocycles. The molecule has 0 spiro atoms. The number of rotatable bonds is 8. The van der Waals surface area contributed by atoms with Gasteiger partial charge in [0, 0.05) is 36.8 Å². The third kappa shape index (κ3) is 5.12. The lowest BCUT2D eigenvalue weighted by molar-refractivity contribution is 0.0297. The van der Waals surface area contributed by atoms with Gasteiger partial charge in [0.25, 0.3) is 0 Å². The van der Waals surface area contributed by atoms with E-state index >= 15 is 0 Å². The van der Waals surface area contributed by atoms with Crippen LogP contribution in [0.25, 0.3) is 0 Å². The van der Waals surface area contributed by atoms with Crippen LogP contribution in [-0.2, 0) is 24.9 Å². The summed E-state index contributed by atoms with van der Waals surface area (Å²) in [4.78, 5) is 1.18. The quantitative estimate of drug-likeness (QED) is 0.762. The zero-order valence-corrected chi connectivity index (χ0v) is 11.8. The SMILES string of the molecule is Cn1cc(CNCC(O)COCc2cccs2)cn1. The van der Waals surface area contributed by atoms with Gasteiger partial charge in [-0.25, -0.2) is 0 Å². The minimum Gasteiger partial charge on any atom is -0.389 e. The molecule has 0 aliphatic rings. The molecule has 0 bridgehead atoms. The summed E-state index contributed by atoms with van der Waals surface area (Å²) in [5, 5.41) is 19.0. The number of aliphatic hydroxyl groups is 1. The topological polar surface area (TPSA) is 59.3 Å². The number of nitrogens with one attached hydrogen (secondary N) is 1. The molecule has 2 N–H and O–H groups in total. The molecule has 0 aliphatic carbocycles. The number of aromatic nitrogens is 2. The van der Waals surface area contributed by atoms with E-state index in [1.165, 1.54) is 4.88 Å². The standard InChI is InChI=1S/C13H19N3O2S/c1-16-8-11(6-15-16)5-14-7-12(17)9-18-10-13-3-2-4-19-13/h2-4,6,8,12,14,17H,5,7,9-10H2,1H3. The summed E-state index contributed by atoms with van der Waals surface area (Å²) in [6, 6.07) is 4.02. The monoisotopic (exact) mass is 281 g/mol. The van der Waals surface area contributed by atoms with Crippen LogP contribution >= 0.6 is 11.3 Å². The normalized spacial score (nSPS) is 12.7. The van der Waals surface area contributed by atoms with Crippen molar-refractivity contribution in [2.75, 3.05) is 13.2 Å². The summed E-state index contributed by atoms with van der Waals surface area (Å²) >= 11 is 1.66. The number of aryl methyl sites for hydroxylation is 1. The molecule has 0 fully saturated rings. The summed E-state index contributed by atoms with van der Waals surface area (Å²) in [6.07, 6.45) is 3.27.